The number of rotatable bonds is 4. The summed E-state index contributed by atoms with van der Waals surface area (Å²) in [6.45, 7) is 0. The number of aliphatic imine (C=N–C) groups is 1. The molecule has 3 aromatic carbocycles. The van der Waals surface area contributed by atoms with Crippen molar-refractivity contribution in [2.24, 2.45) is 4.99 Å². The second-order valence-electron chi connectivity index (χ2n) is 5.06. The number of carbonyl (C=O) groups excluding carboxylic acids is 1. The van der Waals surface area contributed by atoms with E-state index >= 15 is 0 Å². The highest BCUT2D eigenvalue weighted by Gasteiger charge is 2.09. The van der Waals surface area contributed by atoms with E-state index in [0.29, 0.717) is 16.8 Å². The molecule has 0 amide bonds. The van der Waals surface area contributed by atoms with E-state index in [-0.39, 0.29) is 11.6 Å². The summed E-state index contributed by atoms with van der Waals surface area (Å²) in [4.78, 5) is 16.8. The first-order valence-electron chi connectivity index (χ1n) is 7.22. The van der Waals surface area contributed by atoms with Crippen molar-refractivity contribution in [2.45, 2.75) is 0 Å². The van der Waals surface area contributed by atoms with Gasteiger partial charge in [0.1, 0.15) is 5.82 Å². The van der Waals surface area contributed by atoms with Gasteiger partial charge in [0, 0.05) is 17.3 Å². The van der Waals surface area contributed by atoms with Crippen LogP contribution in [0.15, 0.2) is 83.9 Å². The summed E-state index contributed by atoms with van der Waals surface area (Å²) in [6.07, 6.45) is 1.75. The van der Waals surface area contributed by atoms with Crippen molar-refractivity contribution in [3.8, 4) is 0 Å². The van der Waals surface area contributed by atoms with Crippen molar-refractivity contribution < 1.29 is 9.18 Å². The summed E-state index contributed by atoms with van der Waals surface area (Å²) >= 11 is 0. The standard InChI is InChI=1S/C20H14FNO/c21-18-11-9-16(10-12-18)20(23)17-7-4-8-19(13-17)22-14-15-5-2-1-3-6-15/h1-14H. The maximum Gasteiger partial charge on any atom is 0.193 e. The summed E-state index contributed by atoms with van der Waals surface area (Å²) in [5.41, 5.74) is 2.67. The Morgan fingerprint density at radius 3 is 2.30 bits per heavy atom. The SMILES string of the molecule is O=C(c1ccc(F)cc1)c1cccc(N=Cc2ccccc2)c1. The van der Waals surface area contributed by atoms with Gasteiger partial charge < -0.3 is 0 Å². The van der Waals surface area contributed by atoms with Gasteiger partial charge in [-0.2, -0.15) is 0 Å². The molecule has 0 radical (unpaired) electrons. The smallest absolute Gasteiger partial charge is 0.193 e. The fourth-order valence-electron chi connectivity index (χ4n) is 2.18. The van der Waals surface area contributed by atoms with Crippen molar-refractivity contribution >= 4 is 17.7 Å². The average Bonchev–Trinajstić information content (AvgIpc) is 2.61. The van der Waals surface area contributed by atoms with Gasteiger partial charge in [0.15, 0.2) is 5.78 Å². The van der Waals surface area contributed by atoms with Crippen LogP contribution < -0.4 is 0 Å². The van der Waals surface area contributed by atoms with Crippen LogP contribution in [0.2, 0.25) is 0 Å². The second-order valence-corrected chi connectivity index (χ2v) is 5.06. The third kappa shape index (κ3) is 3.77. The van der Waals surface area contributed by atoms with E-state index in [4.69, 9.17) is 0 Å². The van der Waals surface area contributed by atoms with Gasteiger partial charge in [-0.3, -0.25) is 9.79 Å². The molecular weight excluding hydrogens is 289 g/mol. The largest absolute Gasteiger partial charge is 0.289 e. The van der Waals surface area contributed by atoms with Crippen LogP contribution in [0, 0.1) is 5.82 Å². The maximum atomic E-state index is 12.9. The van der Waals surface area contributed by atoms with Crippen molar-refractivity contribution in [3.63, 3.8) is 0 Å². The van der Waals surface area contributed by atoms with Crippen LogP contribution in [0.3, 0.4) is 0 Å². The normalized spacial score (nSPS) is 10.8. The molecule has 0 N–H and O–H groups in total. The Kier molecular flexibility index (Phi) is 4.39. The van der Waals surface area contributed by atoms with Crippen LogP contribution in [-0.2, 0) is 0 Å². The molecule has 2 nitrogen and oxygen atoms in total. The van der Waals surface area contributed by atoms with E-state index in [0.717, 1.165) is 5.56 Å². The Labute approximate surface area is 133 Å². The minimum atomic E-state index is -0.359. The highest BCUT2D eigenvalue weighted by atomic mass is 19.1. The van der Waals surface area contributed by atoms with Gasteiger partial charge in [0.2, 0.25) is 0 Å². The van der Waals surface area contributed by atoms with Gasteiger partial charge in [-0.15, -0.1) is 0 Å². The number of nitrogens with zero attached hydrogens (tertiary/aromatic N) is 1. The van der Waals surface area contributed by atoms with Crippen LogP contribution in [-0.4, -0.2) is 12.0 Å². The number of hydrogen-bond donors (Lipinski definition) is 0. The first-order valence-corrected chi connectivity index (χ1v) is 7.22. The van der Waals surface area contributed by atoms with Crippen LogP contribution >= 0.6 is 0 Å². The Hall–Kier alpha value is -3.07. The van der Waals surface area contributed by atoms with E-state index < -0.39 is 0 Å². The van der Waals surface area contributed by atoms with Crippen molar-refractivity contribution in [2.75, 3.05) is 0 Å². The predicted octanol–water partition coefficient (Wildman–Crippen LogP) is 4.81. The van der Waals surface area contributed by atoms with Crippen molar-refractivity contribution in [1.29, 1.82) is 0 Å². The zero-order chi connectivity index (χ0) is 16.1. The third-order valence-electron chi connectivity index (χ3n) is 3.38. The Balaban J connectivity index is 1.83. The predicted molar refractivity (Wildman–Crippen MR) is 90.0 cm³/mol. The van der Waals surface area contributed by atoms with E-state index in [1.807, 2.05) is 36.4 Å². The lowest BCUT2D eigenvalue weighted by Gasteiger charge is -2.02. The fourth-order valence-corrected chi connectivity index (χ4v) is 2.18. The van der Waals surface area contributed by atoms with Gasteiger partial charge in [0.05, 0.1) is 5.69 Å². The molecule has 0 aliphatic heterocycles. The number of carbonyl (C=O) groups is 1. The lowest BCUT2D eigenvalue weighted by Crippen LogP contribution is -2.00. The molecule has 0 saturated carbocycles. The quantitative estimate of drug-likeness (QED) is 0.502. The number of benzene rings is 3. The lowest BCUT2D eigenvalue weighted by atomic mass is 10.0. The third-order valence-corrected chi connectivity index (χ3v) is 3.38. The molecule has 0 unspecified atom stereocenters. The van der Waals surface area contributed by atoms with Gasteiger partial charge in [0.25, 0.3) is 0 Å². The molecule has 0 spiro atoms. The molecule has 0 aliphatic rings. The van der Waals surface area contributed by atoms with Crippen molar-refractivity contribution in [3.05, 3.63) is 101 Å². The average molecular weight is 303 g/mol. The summed E-state index contributed by atoms with van der Waals surface area (Å²) in [7, 11) is 0. The highest BCUT2D eigenvalue weighted by molar-refractivity contribution is 6.09. The molecule has 3 heteroatoms. The molecule has 112 valence electrons. The molecule has 0 bridgehead atoms. The van der Waals surface area contributed by atoms with Crippen LogP contribution in [0.25, 0.3) is 0 Å². The number of ketones is 1. The molecule has 0 heterocycles. The van der Waals surface area contributed by atoms with Gasteiger partial charge in [-0.25, -0.2) is 4.39 Å². The van der Waals surface area contributed by atoms with Crippen LogP contribution in [0.5, 0.6) is 0 Å². The topological polar surface area (TPSA) is 29.4 Å². The first-order chi connectivity index (χ1) is 11.2. The van der Waals surface area contributed by atoms with Crippen molar-refractivity contribution in [1.82, 2.24) is 0 Å². The number of halogens is 1. The molecule has 0 fully saturated rings. The molecular formula is C20H14FNO. The summed E-state index contributed by atoms with van der Waals surface area (Å²) in [5.74, 6) is -0.510. The van der Waals surface area contributed by atoms with E-state index in [9.17, 15) is 9.18 Å². The zero-order valence-corrected chi connectivity index (χ0v) is 12.3. The molecule has 0 atom stereocenters. The maximum absolute atomic E-state index is 12.9. The second kappa shape index (κ2) is 6.79. The van der Waals surface area contributed by atoms with E-state index in [1.165, 1.54) is 24.3 Å². The molecule has 0 aromatic heterocycles. The monoisotopic (exact) mass is 303 g/mol. The fraction of sp³-hybridized carbons (Fsp3) is 0. The van der Waals surface area contributed by atoms with Gasteiger partial charge >= 0.3 is 0 Å². The summed E-state index contributed by atoms with van der Waals surface area (Å²) in [6, 6.07) is 22.3. The van der Waals surface area contributed by atoms with Crippen LogP contribution in [0.4, 0.5) is 10.1 Å². The van der Waals surface area contributed by atoms with Gasteiger partial charge in [-0.1, -0.05) is 42.5 Å². The zero-order valence-electron chi connectivity index (χ0n) is 12.3. The summed E-state index contributed by atoms with van der Waals surface area (Å²) < 4.78 is 12.9. The van der Waals surface area contributed by atoms with E-state index in [1.54, 1.807) is 24.4 Å². The number of hydrogen-bond acceptors (Lipinski definition) is 2. The summed E-state index contributed by atoms with van der Waals surface area (Å²) in [5, 5.41) is 0. The molecule has 0 saturated heterocycles. The molecule has 3 aromatic rings. The first kappa shape index (κ1) is 14.9. The molecule has 0 aliphatic carbocycles. The Morgan fingerprint density at radius 2 is 1.57 bits per heavy atom. The minimum Gasteiger partial charge on any atom is -0.289 e. The molecule has 3 rings (SSSR count). The molecule has 23 heavy (non-hydrogen) atoms. The Morgan fingerprint density at radius 1 is 0.826 bits per heavy atom. The minimum absolute atomic E-state index is 0.151. The van der Waals surface area contributed by atoms with E-state index in [2.05, 4.69) is 4.99 Å². The van der Waals surface area contributed by atoms with Gasteiger partial charge in [-0.05, 0) is 42.0 Å². The Bertz CT molecular complexity index is 839. The lowest BCUT2D eigenvalue weighted by molar-refractivity contribution is 0.103. The van der Waals surface area contributed by atoms with Crippen LogP contribution in [0.1, 0.15) is 21.5 Å². The highest BCUT2D eigenvalue weighted by Crippen LogP contribution is 2.17.